The van der Waals surface area contributed by atoms with E-state index in [-0.39, 0.29) is 23.1 Å². The number of aryl methyl sites for hydroxylation is 1. The molecule has 1 heterocycles. The number of carbonyl (C=O) groups is 2. The molecule has 3 aliphatic rings. The Morgan fingerprint density at radius 1 is 1.29 bits per heavy atom. The fraction of sp³-hybridized carbons (Fsp3) is 0.520. The topological polar surface area (TPSA) is 72.0 Å². The van der Waals surface area contributed by atoms with Crippen LogP contribution in [0.1, 0.15) is 62.5 Å². The van der Waals surface area contributed by atoms with E-state index in [9.17, 15) is 14.0 Å². The summed E-state index contributed by atoms with van der Waals surface area (Å²) in [5.74, 6) is 1.90. The molecule has 31 heavy (non-hydrogen) atoms. The molecule has 0 bridgehead atoms. The third-order valence-corrected chi connectivity index (χ3v) is 8.11. The number of nitrogens with one attached hydrogen (secondary N) is 1. The number of ketones is 1. The average Bonchev–Trinajstić information content (AvgIpc) is 3.02. The van der Waals surface area contributed by atoms with Gasteiger partial charge in [0.2, 0.25) is 5.91 Å². The second-order valence-corrected chi connectivity index (χ2v) is 9.70. The summed E-state index contributed by atoms with van der Waals surface area (Å²) in [7, 11) is 0. The maximum absolute atomic E-state index is 13.7. The van der Waals surface area contributed by atoms with Crippen molar-refractivity contribution in [1.29, 1.82) is 0 Å². The summed E-state index contributed by atoms with van der Waals surface area (Å²) in [5.41, 5.74) is 2.12. The summed E-state index contributed by atoms with van der Waals surface area (Å²) in [5, 5.41) is 2.80. The number of Topliss-reactive ketones (excluding diaryl/α,β-unsaturated/α-hetero) is 1. The maximum Gasteiger partial charge on any atom is 0.225 e. The predicted octanol–water partition coefficient (Wildman–Crippen LogP) is 4.69. The van der Waals surface area contributed by atoms with Crippen molar-refractivity contribution in [1.82, 2.24) is 9.97 Å². The van der Waals surface area contributed by atoms with E-state index in [1.165, 1.54) is 11.8 Å². The van der Waals surface area contributed by atoms with E-state index in [1.807, 2.05) is 6.07 Å². The number of hydrogen-bond acceptors (Lipinski definition) is 4. The normalized spacial score (nSPS) is 31.5. The van der Waals surface area contributed by atoms with E-state index in [0.717, 1.165) is 31.2 Å². The minimum Gasteiger partial charge on any atom is -0.309 e. The van der Waals surface area contributed by atoms with Crippen LogP contribution in [-0.4, -0.2) is 21.7 Å². The maximum atomic E-state index is 13.7. The first-order chi connectivity index (χ1) is 15.0. The Morgan fingerprint density at radius 2 is 2.16 bits per heavy atom. The van der Waals surface area contributed by atoms with Gasteiger partial charge < -0.3 is 5.32 Å². The van der Waals surface area contributed by atoms with Gasteiger partial charge in [0.05, 0.1) is 6.20 Å². The standard InChI is InChI=1S/C25H28FN3O2/c1-25-9-8-19-18-6-4-17(26)12-15(18)2-5-20(19)24(25)16(13-21(25)30)3-7-23(31)29-22-14-27-10-11-28-22/h4,6,10-12,14,16,19-20,24H,2-3,5,7-9,13H2,1H3,(H,28,29,31)/t16-,19?,20?,24?,25-/m1/s1. The van der Waals surface area contributed by atoms with Crippen molar-refractivity contribution in [2.45, 2.75) is 57.8 Å². The molecule has 162 valence electrons. The average molecular weight is 422 g/mol. The second kappa shape index (κ2) is 7.81. The molecule has 0 aliphatic heterocycles. The largest absolute Gasteiger partial charge is 0.309 e. The van der Waals surface area contributed by atoms with Gasteiger partial charge >= 0.3 is 0 Å². The van der Waals surface area contributed by atoms with Crippen LogP contribution in [0.3, 0.4) is 0 Å². The van der Waals surface area contributed by atoms with E-state index >= 15 is 0 Å². The van der Waals surface area contributed by atoms with Gasteiger partial charge in [0, 0.05) is 30.7 Å². The summed E-state index contributed by atoms with van der Waals surface area (Å²) in [6, 6.07) is 5.22. The van der Waals surface area contributed by atoms with Crippen LogP contribution in [0.15, 0.2) is 36.8 Å². The van der Waals surface area contributed by atoms with Gasteiger partial charge in [-0.2, -0.15) is 0 Å². The highest BCUT2D eigenvalue weighted by Gasteiger charge is 2.58. The van der Waals surface area contributed by atoms with Gasteiger partial charge in [-0.05, 0) is 79.0 Å². The lowest BCUT2D eigenvalue weighted by Crippen LogP contribution is -2.44. The van der Waals surface area contributed by atoms with Crippen molar-refractivity contribution in [2.75, 3.05) is 5.32 Å². The van der Waals surface area contributed by atoms with E-state index < -0.39 is 0 Å². The lowest BCUT2D eigenvalue weighted by molar-refractivity contribution is -0.129. The fourth-order valence-electron chi connectivity index (χ4n) is 6.76. The van der Waals surface area contributed by atoms with Gasteiger partial charge in [0.1, 0.15) is 11.6 Å². The molecule has 0 spiro atoms. The third kappa shape index (κ3) is 3.56. The van der Waals surface area contributed by atoms with E-state index in [4.69, 9.17) is 0 Å². The number of hydrogen-bond donors (Lipinski definition) is 1. The molecule has 2 fully saturated rings. The molecule has 1 aromatic heterocycles. The van der Waals surface area contributed by atoms with Gasteiger partial charge in [0.15, 0.2) is 5.82 Å². The number of fused-ring (bicyclic) bond motifs is 5. The van der Waals surface area contributed by atoms with E-state index in [1.54, 1.807) is 24.5 Å². The number of rotatable bonds is 4. The summed E-state index contributed by atoms with van der Waals surface area (Å²) < 4.78 is 13.7. The number of nitrogens with zero attached hydrogens (tertiary/aromatic N) is 2. The van der Waals surface area contributed by atoms with Crippen LogP contribution >= 0.6 is 0 Å². The molecule has 3 aliphatic carbocycles. The van der Waals surface area contributed by atoms with Crippen molar-refractivity contribution in [3.63, 3.8) is 0 Å². The van der Waals surface area contributed by atoms with E-state index in [0.29, 0.717) is 48.6 Å². The van der Waals surface area contributed by atoms with E-state index in [2.05, 4.69) is 22.2 Å². The molecule has 1 amide bonds. The molecule has 0 saturated heterocycles. The predicted molar refractivity (Wildman–Crippen MR) is 115 cm³/mol. The first-order valence-electron chi connectivity index (χ1n) is 11.3. The Hall–Kier alpha value is -2.63. The van der Waals surface area contributed by atoms with Gasteiger partial charge in [-0.3, -0.25) is 14.6 Å². The molecule has 0 radical (unpaired) electrons. The molecule has 6 heteroatoms. The SMILES string of the molecule is C[C@]12CCC3c4ccc(F)cc4CCC3C1[C@H](CCC(=O)Nc1cnccn1)CC2=O. The molecular weight excluding hydrogens is 393 g/mol. The Balaban J connectivity index is 1.33. The van der Waals surface area contributed by atoms with Gasteiger partial charge in [-0.1, -0.05) is 13.0 Å². The summed E-state index contributed by atoms with van der Waals surface area (Å²) >= 11 is 0. The first-order valence-corrected chi connectivity index (χ1v) is 11.3. The molecule has 5 nitrogen and oxygen atoms in total. The van der Waals surface area contributed by atoms with Crippen LogP contribution in [0.5, 0.6) is 0 Å². The summed E-state index contributed by atoms with van der Waals surface area (Å²) in [6.45, 7) is 2.15. The zero-order chi connectivity index (χ0) is 21.6. The van der Waals surface area contributed by atoms with Gasteiger partial charge in [0.25, 0.3) is 0 Å². The number of amides is 1. The van der Waals surface area contributed by atoms with Crippen molar-refractivity contribution < 1.29 is 14.0 Å². The Kier molecular flexibility index (Phi) is 5.11. The fourth-order valence-corrected chi connectivity index (χ4v) is 6.76. The monoisotopic (exact) mass is 421 g/mol. The Bertz CT molecular complexity index is 1010. The zero-order valence-corrected chi connectivity index (χ0v) is 17.8. The highest BCUT2D eigenvalue weighted by molar-refractivity contribution is 5.90. The lowest BCUT2D eigenvalue weighted by Gasteiger charge is -2.50. The number of carbonyl (C=O) groups excluding carboxylic acids is 2. The molecular formula is C25H28FN3O2. The lowest BCUT2D eigenvalue weighted by atomic mass is 9.54. The van der Waals surface area contributed by atoms with Crippen molar-refractivity contribution in [2.24, 2.45) is 23.2 Å². The van der Waals surface area contributed by atoms with Crippen LogP contribution in [0.4, 0.5) is 10.2 Å². The van der Waals surface area contributed by atoms with Crippen LogP contribution in [0.2, 0.25) is 0 Å². The minimum atomic E-state index is -0.287. The second-order valence-electron chi connectivity index (χ2n) is 9.70. The molecule has 3 unspecified atom stereocenters. The molecule has 1 N–H and O–H groups in total. The van der Waals surface area contributed by atoms with Gasteiger partial charge in [-0.15, -0.1) is 0 Å². The molecule has 5 rings (SSSR count). The molecule has 2 saturated carbocycles. The Labute approximate surface area is 181 Å². The molecule has 2 aromatic rings. The highest BCUT2D eigenvalue weighted by atomic mass is 19.1. The van der Waals surface area contributed by atoms with Crippen LogP contribution in [-0.2, 0) is 16.0 Å². The highest BCUT2D eigenvalue weighted by Crippen LogP contribution is 2.62. The zero-order valence-electron chi connectivity index (χ0n) is 17.8. The van der Waals surface area contributed by atoms with Crippen LogP contribution < -0.4 is 5.32 Å². The number of halogens is 1. The summed E-state index contributed by atoms with van der Waals surface area (Å²) in [4.78, 5) is 33.6. The number of benzene rings is 1. The Morgan fingerprint density at radius 3 is 2.97 bits per heavy atom. The quantitative estimate of drug-likeness (QED) is 0.778. The number of aromatic nitrogens is 2. The smallest absolute Gasteiger partial charge is 0.225 e. The van der Waals surface area contributed by atoms with Crippen molar-refractivity contribution in [3.05, 3.63) is 53.7 Å². The molecule has 5 atom stereocenters. The first kappa shape index (κ1) is 20.3. The summed E-state index contributed by atoms with van der Waals surface area (Å²) in [6.07, 6.45) is 10.0. The van der Waals surface area contributed by atoms with Crippen LogP contribution in [0.25, 0.3) is 0 Å². The molecule has 1 aromatic carbocycles. The minimum absolute atomic E-state index is 0.0848. The third-order valence-electron chi connectivity index (χ3n) is 8.11. The van der Waals surface area contributed by atoms with Crippen LogP contribution in [0, 0.1) is 29.0 Å². The number of anilines is 1. The van der Waals surface area contributed by atoms with Gasteiger partial charge in [-0.25, -0.2) is 9.37 Å². The van der Waals surface area contributed by atoms with Crippen molar-refractivity contribution >= 4 is 17.5 Å². The van der Waals surface area contributed by atoms with Crippen molar-refractivity contribution in [3.8, 4) is 0 Å².